The summed E-state index contributed by atoms with van der Waals surface area (Å²) in [6.45, 7) is 2.37. The number of unbranched alkanes of at least 4 members (excludes halogenated alkanes) is 1. The van der Waals surface area contributed by atoms with Gasteiger partial charge in [0.2, 0.25) is 0 Å². The van der Waals surface area contributed by atoms with Gasteiger partial charge in [0.1, 0.15) is 5.76 Å². The summed E-state index contributed by atoms with van der Waals surface area (Å²) >= 11 is 0. The third kappa shape index (κ3) is 3.68. The summed E-state index contributed by atoms with van der Waals surface area (Å²) < 4.78 is 5.12. The minimum atomic E-state index is -0.801. The van der Waals surface area contributed by atoms with Crippen LogP contribution < -0.4 is 4.74 Å². The Hall–Kier alpha value is -3.80. The Morgan fingerprint density at radius 1 is 1.03 bits per heavy atom. The quantitative estimate of drug-likeness (QED) is 0.333. The van der Waals surface area contributed by atoms with Crippen molar-refractivity contribution in [2.45, 2.75) is 25.8 Å². The van der Waals surface area contributed by atoms with Crippen LogP contribution in [0.25, 0.3) is 16.5 Å². The number of phenols is 1. The monoisotopic (exact) mass is 431 g/mol. The third-order valence-corrected chi connectivity index (χ3v) is 5.83. The number of carbonyl (C=O) groups excluding carboxylic acids is 2. The number of amides is 1. The molecule has 0 radical (unpaired) electrons. The van der Waals surface area contributed by atoms with Crippen LogP contribution in [0.1, 0.15) is 36.9 Å². The molecule has 2 N–H and O–H groups in total. The number of phenolic OH excluding ortho intramolecular Hbond substituents is 1. The summed E-state index contributed by atoms with van der Waals surface area (Å²) in [6.07, 6.45) is 1.55. The molecule has 0 aromatic heterocycles. The van der Waals surface area contributed by atoms with Gasteiger partial charge < -0.3 is 19.8 Å². The van der Waals surface area contributed by atoms with E-state index in [9.17, 15) is 19.8 Å². The number of hydrogen-bond acceptors (Lipinski definition) is 5. The van der Waals surface area contributed by atoms with Crippen LogP contribution in [-0.2, 0) is 9.59 Å². The fourth-order valence-electron chi connectivity index (χ4n) is 4.15. The van der Waals surface area contributed by atoms with Gasteiger partial charge in [0.15, 0.2) is 11.5 Å². The molecule has 1 aliphatic rings. The molecule has 3 aromatic carbocycles. The van der Waals surface area contributed by atoms with E-state index in [1.165, 1.54) is 18.1 Å². The number of ether oxygens (including phenoxy) is 1. The van der Waals surface area contributed by atoms with Gasteiger partial charge in [-0.25, -0.2) is 0 Å². The highest BCUT2D eigenvalue weighted by atomic mass is 16.5. The maximum atomic E-state index is 13.1. The summed E-state index contributed by atoms with van der Waals surface area (Å²) in [6, 6.07) is 17.1. The van der Waals surface area contributed by atoms with Crippen molar-refractivity contribution < 1.29 is 24.5 Å². The Morgan fingerprint density at radius 2 is 1.78 bits per heavy atom. The number of ketones is 1. The molecule has 6 heteroatoms. The Bertz CT molecular complexity index is 1230. The number of likely N-dealkylation sites (tertiary alicyclic amines) is 1. The first-order valence-electron chi connectivity index (χ1n) is 10.6. The van der Waals surface area contributed by atoms with E-state index < -0.39 is 17.7 Å². The predicted molar refractivity (Wildman–Crippen MR) is 123 cm³/mol. The van der Waals surface area contributed by atoms with Crippen LogP contribution >= 0.6 is 0 Å². The minimum absolute atomic E-state index is 0.0194. The number of aliphatic hydroxyl groups is 1. The van der Waals surface area contributed by atoms with Crippen LogP contribution in [-0.4, -0.2) is 40.5 Å². The normalized spacial score (nSPS) is 17.8. The second-order valence-corrected chi connectivity index (χ2v) is 7.84. The van der Waals surface area contributed by atoms with E-state index in [-0.39, 0.29) is 22.8 Å². The van der Waals surface area contributed by atoms with Crippen molar-refractivity contribution in [1.29, 1.82) is 0 Å². The summed E-state index contributed by atoms with van der Waals surface area (Å²) in [4.78, 5) is 27.4. The van der Waals surface area contributed by atoms with Gasteiger partial charge in [-0.15, -0.1) is 0 Å². The lowest BCUT2D eigenvalue weighted by Crippen LogP contribution is -2.30. The number of hydrogen-bond donors (Lipinski definition) is 2. The van der Waals surface area contributed by atoms with Crippen molar-refractivity contribution in [3.8, 4) is 11.5 Å². The first-order chi connectivity index (χ1) is 15.5. The van der Waals surface area contributed by atoms with E-state index in [4.69, 9.17) is 4.74 Å². The summed E-state index contributed by atoms with van der Waals surface area (Å²) in [5, 5.41) is 23.4. The zero-order valence-corrected chi connectivity index (χ0v) is 18.0. The SMILES string of the molecule is CCCCN1C(=O)C(=O)/C(=C(\O)c2ccc3ccccc3c2)C1c1ccc(OC)c(O)c1. The number of aromatic hydroxyl groups is 1. The second-order valence-electron chi connectivity index (χ2n) is 7.84. The first kappa shape index (κ1) is 21.4. The number of benzene rings is 3. The Labute approximate surface area is 186 Å². The molecule has 0 aliphatic carbocycles. The van der Waals surface area contributed by atoms with Gasteiger partial charge in [-0.1, -0.05) is 55.8 Å². The molecule has 32 heavy (non-hydrogen) atoms. The average molecular weight is 431 g/mol. The van der Waals surface area contributed by atoms with Crippen LogP contribution in [0, 0.1) is 0 Å². The molecule has 1 atom stereocenters. The van der Waals surface area contributed by atoms with Crippen LogP contribution in [0.3, 0.4) is 0 Å². The molecule has 6 nitrogen and oxygen atoms in total. The molecule has 1 unspecified atom stereocenters. The lowest BCUT2D eigenvalue weighted by atomic mass is 9.94. The molecule has 1 amide bonds. The minimum Gasteiger partial charge on any atom is -0.507 e. The third-order valence-electron chi connectivity index (χ3n) is 5.83. The smallest absolute Gasteiger partial charge is 0.295 e. The van der Waals surface area contributed by atoms with Crippen LogP contribution in [0.4, 0.5) is 0 Å². The van der Waals surface area contributed by atoms with E-state index in [1.807, 2.05) is 37.3 Å². The predicted octanol–water partition coefficient (Wildman–Crippen LogP) is 4.78. The molecular weight excluding hydrogens is 406 g/mol. The van der Waals surface area contributed by atoms with Gasteiger partial charge in [0, 0.05) is 12.1 Å². The lowest BCUT2D eigenvalue weighted by molar-refractivity contribution is -0.139. The van der Waals surface area contributed by atoms with Crippen molar-refractivity contribution in [2.24, 2.45) is 0 Å². The van der Waals surface area contributed by atoms with Crippen LogP contribution in [0.15, 0.2) is 66.2 Å². The van der Waals surface area contributed by atoms with Gasteiger partial charge in [-0.05, 0) is 41.0 Å². The molecule has 1 saturated heterocycles. The van der Waals surface area contributed by atoms with Crippen molar-refractivity contribution >= 4 is 28.2 Å². The topological polar surface area (TPSA) is 87.1 Å². The van der Waals surface area contributed by atoms with E-state index in [2.05, 4.69) is 0 Å². The molecule has 0 bridgehead atoms. The largest absolute Gasteiger partial charge is 0.507 e. The molecule has 164 valence electrons. The van der Waals surface area contributed by atoms with E-state index in [0.717, 1.165) is 17.2 Å². The van der Waals surface area contributed by atoms with E-state index >= 15 is 0 Å². The molecular formula is C26H25NO5. The Balaban J connectivity index is 1.88. The molecule has 4 rings (SSSR count). The zero-order chi connectivity index (χ0) is 22.8. The lowest BCUT2D eigenvalue weighted by Gasteiger charge is -2.25. The highest BCUT2D eigenvalue weighted by Crippen LogP contribution is 2.42. The van der Waals surface area contributed by atoms with Gasteiger partial charge in [-0.3, -0.25) is 9.59 Å². The number of aliphatic hydroxyl groups excluding tert-OH is 1. The van der Waals surface area contributed by atoms with E-state index in [1.54, 1.807) is 24.3 Å². The van der Waals surface area contributed by atoms with Gasteiger partial charge in [0.05, 0.1) is 18.7 Å². The second kappa shape index (κ2) is 8.75. The average Bonchev–Trinajstić information content (AvgIpc) is 3.06. The summed E-state index contributed by atoms with van der Waals surface area (Å²) in [7, 11) is 1.45. The fourth-order valence-corrected chi connectivity index (χ4v) is 4.15. The number of carbonyl (C=O) groups is 2. The Morgan fingerprint density at radius 3 is 2.47 bits per heavy atom. The number of fused-ring (bicyclic) bond motifs is 1. The van der Waals surface area contributed by atoms with Crippen LogP contribution in [0.5, 0.6) is 11.5 Å². The van der Waals surface area contributed by atoms with Crippen molar-refractivity contribution in [3.05, 3.63) is 77.4 Å². The van der Waals surface area contributed by atoms with Gasteiger partial charge in [-0.2, -0.15) is 0 Å². The van der Waals surface area contributed by atoms with Gasteiger partial charge >= 0.3 is 0 Å². The van der Waals surface area contributed by atoms with Crippen LogP contribution in [0.2, 0.25) is 0 Å². The maximum absolute atomic E-state index is 13.1. The number of nitrogens with zero attached hydrogens (tertiary/aromatic N) is 1. The standard InChI is InChI=1S/C26H25NO5/c1-3-4-13-27-23(18-11-12-21(32-2)20(28)15-18)22(25(30)26(27)31)24(29)19-10-9-16-7-5-6-8-17(16)14-19/h5-12,14-15,23,28-29H,3-4,13H2,1-2H3/b24-22-. The summed E-state index contributed by atoms with van der Waals surface area (Å²) in [5.74, 6) is -1.42. The van der Waals surface area contributed by atoms with Crippen molar-refractivity contribution in [2.75, 3.05) is 13.7 Å². The number of rotatable bonds is 6. The van der Waals surface area contributed by atoms with Gasteiger partial charge in [0.25, 0.3) is 11.7 Å². The molecule has 1 aliphatic heterocycles. The van der Waals surface area contributed by atoms with Crippen molar-refractivity contribution in [1.82, 2.24) is 4.90 Å². The maximum Gasteiger partial charge on any atom is 0.295 e. The molecule has 1 heterocycles. The Kier molecular flexibility index (Phi) is 5.86. The zero-order valence-electron chi connectivity index (χ0n) is 18.0. The first-order valence-corrected chi connectivity index (χ1v) is 10.6. The summed E-state index contributed by atoms with van der Waals surface area (Å²) in [5.41, 5.74) is 1.01. The number of methoxy groups -OCH3 is 1. The fraction of sp³-hybridized carbons (Fsp3) is 0.231. The molecule has 0 spiro atoms. The highest BCUT2D eigenvalue weighted by Gasteiger charge is 2.45. The van der Waals surface area contributed by atoms with Crippen molar-refractivity contribution in [3.63, 3.8) is 0 Å². The molecule has 3 aromatic rings. The van der Waals surface area contributed by atoms with E-state index in [0.29, 0.717) is 24.1 Å². The molecule has 0 saturated carbocycles. The molecule has 1 fully saturated rings. The highest BCUT2D eigenvalue weighted by molar-refractivity contribution is 6.46. The number of Topliss-reactive ketones (excluding diaryl/α,β-unsaturated/α-hetero) is 1.